The summed E-state index contributed by atoms with van der Waals surface area (Å²) in [6, 6.07) is 6.53. The summed E-state index contributed by atoms with van der Waals surface area (Å²) in [5.41, 5.74) is 1.07. The molecule has 3 aliphatic heterocycles. The molecule has 1 aromatic carbocycles. The Kier molecular flexibility index (Phi) is 6.77. The Balaban J connectivity index is 1.44. The number of benzene rings is 1. The van der Waals surface area contributed by atoms with Crippen LogP contribution in [0.3, 0.4) is 0 Å². The molecule has 0 bridgehead atoms. The number of carbonyl (C=O) groups is 2. The number of alkyl halides is 2. The molecule has 2 aromatic heterocycles. The zero-order chi connectivity index (χ0) is 29.9. The van der Waals surface area contributed by atoms with E-state index in [0.29, 0.717) is 41.8 Å². The molecule has 13 heteroatoms. The van der Waals surface area contributed by atoms with Crippen LogP contribution in [0.5, 0.6) is 0 Å². The fourth-order valence-electron chi connectivity index (χ4n) is 5.56. The molecule has 5 heterocycles. The van der Waals surface area contributed by atoms with Crippen molar-refractivity contribution >= 4 is 23.6 Å². The quantitative estimate of drug-likeness (QED) is 0.401. The number of halogens is 4. The molecule has 1 saturated heterocycles. The van der Waals surface area contributed by atoms with Gasteiger partial charge in [0.1, 0.15) is 17.3 Å². The van der Waals surface area contributed by atoms with Gasteiger partial charge in [0.05, 0.1) is 25.7 Å². The van der Waals surface area contributed by atoms with E-state index in [2.05, 4.69) is 4.98 Å². The molecule has 9 nitrogen and oxygen atoms in total. The number of amides is 2. The Bertz CT molecular complexity index is 1600. The molecule has 0 radical (unpaired) electrons. The van der Waals surface area contributed by atoms with Gasteiger partial charge in [0.15, 0.2) is 17.3 Å². The van der Waals surface area contributed by atoms with Crippen LogP contribution in [0.2, 0.25) is 0 Å². The van der Waals surface area contributed by atoms with E-state index in [1.807, 2.05) is 25.7 Å². The maximum Gasteiger partial charge on any atom is 0.283 e. The lowest BCUT2D eigenvalue weighted by atomic mass is 10.1. The van der Waals surface area contributed by atoms with E-state index in [1.165, 1.54) is 18.3 Å². The Morgan fingerprint density at radius 3 is 2.55 bits per heavy atom. The third-order valence-electron chi connectivity index (χ3n) is 7.89. The van der Waals surface area contributed by atoms with Gasteiger partial charge in [-0.3, -0.25) is 24.4 Å². The monoisotopic (exact) mass is 583 g/mol. The van der Waals surface area contributed by atoms with Crippen molar-refractivity contribution in [2.24, 2.45) is 10.9 Å². The molecule has 42 heavy (non-hydrogen) atoms. The molecule has 1 fully saturated rings. The Labute approximate surface area is 239 Å². The van der Waals surface area contributed by atoms with E-state index in [4.69, 9.17) is 9.98 Å². The highest BCUT2D eigenvalue weighted by Crippen LogP contribution is 2.37. The first kappa shape index (κ1) is 27.9. The summed E-state index contributed by atoms with van der Waals surface area (Å²) in [7, 11) is 0. The normalized spacial score (nSPS) is 19.4. The van der Waals surface area contributed by atoms with Gasteiger partial charge in [-0.2, -0.15) is 0 Å². The maximum absolute atomic E-state index is 14.2. The predicted molar refractivity (Wildman–Crippen MR) is 147 cm³/mol. The number of rotatable bonds is 6. The standard InChI is InChI=1S/C29H29F4N7O2/c1-4-38-27(42)23-25(40-14-22(16(2)3)35-28(38)40)39(13-17-5-7-19(30)20(31)11-17)24(36-23)18-6-8-21(34-12-18)26(41)37-10-9-29(32,33)15-37/h5-8,11-12,16,22H,4,9-10,13-15H2,1-3H3/t22-/m0/s1. The van der Waals surface area contributed by atoms with Crippen LogP contribution in [0.4, 0.5) is 23.4 Å². The second-order valence-electron chi connectivity index (χ2n) is 11.1. The molecule has 2 amide bonds. The van der Waals surface area contributed by atoms with E-state index in [9.17, 15) is 27.2 Å². The summed E-state index contributed by atoms with van der Waals surface area (Å²) in [6.07, 6.45) is 1.00. The first-order chi connectivity index (χ1) is 20.0. The second kappa shape index (κ2) is 10.2. The van der Waals surface area contributed by atoms with Crippen LogP contribution in [0, 0.1) is 17.6 Å². The topological polar surface area (TPSA) is 86.9 Å². The van der Waals surface area contributed by atoms with Crippen molar-refractivity contribution in [1.29, 1.82) is 0 Å². The Morgan fingerprint density at radius 2 is 1.93 bits per heavy atom. The van der Waals surface area contributed by atoms with E-state index in [-0.39, 0.29) is 42.3 Å². The van der Waals surface area contributed by atoms with Gasteiger partial charge in [0.25, 0.3) is 17.7 Å². The SMILES string of the molecule is CCN1C(=O)c2nc(-c3ccc(C(=O)N4CCC(F)(F)C4)nc3)n(Cc3ccc(F)c(F)c3)c2N2C[C@@H](C(C)C)N=C12. The van der Waals surface area contributed by atoms with Crippen LogP contribution in [0.15, 0.2) is 41.5 Å². The summed E-state index contributed by atoms with van der Waals surface area (Å²) < 4.78 is 57.0. The van der Waals surface area contributed by atoms with Gasteiger partial charge in [-0.25, -0.2) is 27.5 Å². The van der Waals surface area contributed by atoms with Crippen LogP contribution >= 0.6 is 0 Å². The van der Waals surface area contributed by atoms with Crippen LogP contribution in [-0.2, 0) is 6.54 Å². The van der Waals surface area contributed by atoms with Crippen molar-refractivity contribution in [3.05, 3.63) is 65.1 Å². The molecule has 1 atom stereocenters. The van der Waals surface area contributed by atoms with Crippen LogP contribution < -0.4 is 4.90 Å². The molecule has 0 N–H and O–H groups in total. The Morgan fingerprint density at radius 1 is 1.14 bits per heavy atom. The van der Waals surface area contributed by atoms with Crippen molar-refractivity contribution in [3.8, 4) is 11.4 Å². The van der Waals surface area contributed by atoms with E-state index < -0.39 is 36.4 Å². The highest BCUT2D eigenvalue weighted by atomic mass is 19.3. The van der Waals surface area contributed by atoms with Crippen LogP contribution in [0.1, 0.15) is 53.7 Å². The van der Waals surface area contributed by atoms with Crippen LogP contribution in [0.25, 0.3) is 11.4 Å². The average molecular weight is 584 g/mol. The summed E-state index contributed by atoms with van der Waals surface area (Å²) in [4.78, 5) is 44.8. The van der Waals surface area contributed by atoms with Crippen molar-refractivity contribution in [1.82, 2.24) is 24.3 Å². The minimum Gasteiger partial charge on any atom is -0.331 e. The van der Waals surface area contributed by atoms with Crippen LogP contribution in [-0.4, -0.2) is 80.3 Å². The second-order valence-corrected chi connectivity index (χ2v) is 11.1. The number of nitrogens with zero attached hydrogens (tertiary/aromatic N) is 7. The fourth-order valence-corrected chi connectivity index (χ4v) is 5.56. The number of imidazole rings is 1. The summed E-state index contributed by atoms with van der Waals surface area (Å²) in [5, 5.41) is 0. The van der Waals surface area contributed by atoms with E-state index in [0.717, 1.165) is 17.0 Å². The molecule has 0 aliphatic carbocycles. The number of likely N-dealkylation sites (tertiary alicyclic amines) is 1. The highest BCUT2D eigenvalue weighted by molar-refractivity contribution is 6.18. The first-order valence-electron chi connectivity index (χ1n) is 13.8. The van der Waals surface area contributed by atoms with Gasteiger partial charge in [-0.1, -0.05) is 19.9 Å². The fraction of sp³-hybridized carbons (Fsp3) is 0.414. The third-order valence-corrected chi connectivity index (χ3v) is 7.89. The number of aliphatic imine (C=N–C) groups is 1. The van der Waals surface area contributed by atoms with Crippen molar-refractivity contribution in [2.45, 2.75) is 45.7 Å². The molecule has 0 unspecified atom stereocenters. The summed E-state index contributed by atoms with van der Waals surface area (Å²) >= 11 is 0. The number of hydrogen-bond donors (Lipinski definition) is 0. The molecule has 220 valence electrons. The molecule has 3 aliphatic rings. The van der Waals surface area contributed by atoms with Gasteiger partial charge in [-0.05, 0) is 42.7 Å². The van der Waals surface area contributed by atoms with Gasteiger partial charge < -0.3 is 9.47 Å². The molecule has 0 spiro atoms. The van der Waals surface area contributed by atoms with Gasteiger partial charge >= 0.3 is 0 Å². The number of guanidine groups is 1. The van der Waals surface area contributed by atoms with Crippen molar-refractivity contribution in [3.63, 3.8) is 0 Å². The molecular weight excluding hydrogens is 554 g/mol. The number of aromatic nitrogens is 3. The molecule has 0 saturated carbocycles. The molecule has 6 rings (SSSR count). The number of pyridine rings is 1. The van der Waals surface area contributed by atoms with E-state index in [1.54, 1.807) is 15.5 Å². The number of carbonyl (C=O) groups excluding carboxylic acids is 2. The van der Waals surface area contributed by atoms with Crippen molar-refractivity contribution < 1.29 is 27.2 Å². The average Bonchev–Trinajstić information content (AvgIpc) is 3.66. The van der Waals surface area contributed by atoms with E-state index >= 15 is 0 Å². The lowest BCUT2D eigenvalue weighted by Crippen LogP contribution is -2.50. The lowest BCUT2D eigenvalue weighted by Gasteiger charge is -2.33. The Hall–Kier alpha value is -4.29. The summed E-state index contributed by atoms with van der Waals surface area (Å²) in [5.74, 6) is -4.34. The first-order valence-corrected chi connectivity index (χ1v) is 13.8. The van der Waals surface area contributed by atoms with Gasteiger partial charge in [0.2, 0.25) is 5.96 Å². The lowest BCUT2D eigenvalue weighted by molar-refractivity contribution is 0.0119. The largest absolute Gasteiger partial charge is 0.331 e. The highest BCUT2D eigenvalue weighted by Gasteiger charge is 2.44. The van der Waals surface area contributed by atoms with Gasteiger partial charge in [0, 0.05) is 31.3 Å². The maximum atomic E-state index is 14.2. The van der Waals surface area contributed by atoms with Gasteiger partial charge in [-0.15, -0.1) is 0 Å². The number of hydrogen-bond acceptors (Lipinski definition) is 6. The third kappa shape index (κ3) is 4.70. The zero-order valence-corrected chi connectivity index (χ0v) is 23.3. The van der Waals surface area contributed by atoms with Crippen molar-refractivity contribution in [2.75, 3.05) is 31.1 Å². The molecular formula is C29H29F4N7O2. The smallest absolute Gasteiger partial charge is 0.283 e. The number of fused-ring (bicyclic) bond motifs is 3. The summed E-state index contributed by atoms with van der Waals surface area (Å²) in [6.45, 7) is 6.15. The number of anilines is 1. The molecule has 3 aromatic rings. The minimum absolute atomic E-state index is 0.00176. The minimum atomic E-state index is -2.93. The zero-order valence-electron chi connectivity index (χ0n) is 23.3. The predicted octanol–water partition coefficient (Wildman–Crippen LogP) is 4.43.